The van der Waals surface area contributed by atoms with Crippen LogP contribution in [0, 0.1) is 0 Å². The van der Waals surface area contributed by atoms with Crippen LogP contribution in [0.4, 0.5) is 0 Å². The number of hydrogen-bond donors (Lipinski definition) is 1. The van der Waals surface area contributed by atoms with Crippen LogP contribution in [0.15, 0.2) is 34.9 Å². The number of hydrogen-bond acceptors (Lipinski definition) is 6. The summed E-state index contributed by atoms with van der Waals surface area (Å²) in [5, 5.41) is 3.34. The van der Waals surface area contributed by atoms with Crippen LogP contribution in [0.3, 0.4) is 0 Å². The monoisotopic (exact) mass is 295 g/mol. The molecule has 1 heterocycles. The number of aromatic nitrogens is 2. The number of benzene rings is 1. The van der Waals surface area contributed by atoms with Crippen LogP contribution in [0.2, 0.25) is 0 Å². The second kappa shape index (κ2) is 7.47. The smallest absolute Gasteiger partial charge is 0.169 e. The summed E-state index contributed by atoms with van der Waals surface area (Å²) in [6, 6.07) is 8.39. The van der Waals surface area contributed by atoms with E-state index < -0.39 is 0 Å². The van der Waals surface area contributed by atoms with E-state index in [9.17, 15) is 0 Å². The first-order valence-corrected chi connectivity index (χ1v) is 7.89. The van der Waals surface area contributed by atoms with Crippen molar-refractivity contribution in [3.05, 3.63) is 36.2 Å². The van der Waals surface area contributed by atoms with Gasteiger partial charge in [0.25, 0.3) is 0 Å². The molecular weight excluding hydrogens is 278 g/mol. The summed E-state index contributed by atoms with van der Waals surface area (Å²) in [5.74, 6) is 1.85. The van der Waals surface area contributed by atoms with Crippen LogP contribution in [0.25, 0.3) is 0 Å². The van der Waals surface area contributed by atoms with Gasteiger partial charge in [-0.2, -0.15) is 4.37 Å². The van der Waals surface area contributed by atoms with Crippen molar-refractivity contribution in [3.8, 4) is 5.75 Å². The number of nitrogens with zero attached hydrogens (tertiary/aromatic N) is 2. The second-order valence-corrected chi connectivity index (χ2v) is 5.88. The summed E-state index contributed by atoms with van der Waals surface area (Å²) in [5.41, 5.74) is 1.18. The molecule has 1 N–H and O–H groups in total. The van der Waals surface area contributed by atoms with Crippen LogP contribution in [0.1, 0.15) is 18.5 Å². The van der Waals surface area contributed by atoms with E-state index in [0.29, 0.717) is 6.61 Å². The molecule has 0 spiro atoms. The first-order valence-electron chi connectivity index (χ1n) is 6.13. The van der Waals surface area contributed by atoms with Gasteiger partial charge in [0.15, 0.2) is 4.34 Å². The molecule has 102 valence electrons. The molecule has 0 saturated carbocycles. The highest BCUT2D eigenvalue weighted by Crippen LogP contribution is 2.30. The summed E-state index contributed by atoms with van der Waals surface area (Å²) in [6.45, 7) is 2.68. The van der Waals surface area contributed by atoms with Gasteiger partial charge in [-0.3, -0.25) is 0 Å². The van der Waals surface area contributed by atoms with Crippen LogP contribution < -0.4 is 10.1 Å². The minimum absolute atomic E-state index is 0.233. The van der Waals surface area contributed by atoms with Gasteiger partial charge in [0, 0.05) is 17.4 Å². The van der Waals surface area contributed by atoms with Crippen molar-refractivity contribution < 1.29 is 4.74 Å². The Hall–Kier alpha value is -1.11. The zero-order valence-corrected chi connectivity index (χ0v) is 12.6. The fourth-order valence-corrected chi connectivity index (χ4v) is 3.37. The highest BCUT2D eigenvalue weighted by Gasteiger charge is 2.15. The minimum Gasteiger partial charge on any atom is -0.494 e. The zero-order chi connectivity index (χ0) is 13.5. The largest absolute Gasteiger partial charge is 0.494 e. The zero-order valence-electron chi connectivity index (χ0n) is 11.0. The summed E-state index contributed by atoms with van der Waals surface area (Å²) < 4.78 is 10.7. The fraction of sp³-hybridized carbons (Fsp3) is 0.385. The van der Waals surface area contributed by atoms with Gasteiger partial charge in [-0.25, -0.2) is 4.98 Å². The molecule has 0 fully saturated rings. The fourth-order valence-electron chi connectivity index (χ4n) is 1.77. The van der Waals surface area contributed by atoms with Crippen molar-refractivity contribution in [2.45, 2.75) is 17.3 Å². The third-order valence-corrected chi connectivity index (χ3v) is 4.55. The van der Waals surface area contributed by atoms with Crippen LogP contribution in [-0.4, -0.2) is 28.8 Å². The van der Waals surface area contributed by atoms with Gasteiger partial charge in [0.05, 0.1) is 6.61 Å². The van der Waals surface area contributed by atoms with Gasteiger partial charge in [0.2, 0.25) is 0 Å². The van der Waals surface area contributed by atoms with Crippen LogP contribution in [-0.2, 0) is 0 Å². The van der Waals surface area contributed by atoms with Crippen molar-refractivity contribution in [2.24, 2.45) is 0 Å². The highest BCUT2D eigenvalue weighted by atomic mass is 32.2. The molecule has 6 heteroatoms. The number of thioether (sulfide) groups is 1. The molecule has 0 radical (unpaired) electrons. The van der Waals surface area contributed by atoms with Crippen molar-refractivity contribution in [1.82, 2.24) is 14.7 Å². The second-order valence-electron chi connectivity index (χ2n) is 3.83. The number of para-hydroxylation sites is 1. The van der Waals surface area contributed by atoms with Gasteiger partial charge < -0.3 is 10.1 Å². The van der Waals surface area contributed by atoms with Crippen molar-refractivity contribution in [1.29, 1.82) is 0 Å². The SMILES string of the molecule is CCOc1ccccc1C(CSc1ncns1)NC. The molecule has 0 aliphatic carbocycles. The Balaban J connectivity index is 2.08. The van der Waals surface area contributed by atoms with E-state index in [1.165, 1.54) is 17.1 Å². The molecule has 2 rings (SSSR count). The summed E-state index contributed by atoms with van der Waals surface area (Å²) in [6.07, 6.45) is 1.59. The topological polar surface area (TPSA) is 47.0 Å². The predicted octanol–water partition coefficient (Wildman–Crippen LogP) is 2.99. The maximum absolute atomic E-state index is 5.68. The number of nitrogens with one attached hydrogen (secondary N) is 1. The van der Waals surface area contributed by atoms with E-state index in [1.54, 1.807) is 18.1 Å². The summed E-state index contributed by atoms with van der Waals surface area (Å²) in [7, 11) is 1.97. The minimum atomic E-state index is 0.233. The molecule has 0 aliphatic rings. The molecule has 0 aliphatic heterocycles. The first kappa shape index (κ1) is 14.3. The maximum Gasteiger partial charge on any atom is 0.169 e. The van der Waals surface area contributed by atoms with Crippen molar-refractivity contribution >= 4 is 23.3 Å². The molecule has 0 bridgehead atoms. The average molecular weight is 295 g/mol. The number of rotatable bonds is 7. The van der Waals surface area contributed by atoms with Crippen LogP contribution >= 0.6 is 23.3 Å². The Labute approximate surface area is 121 Å². The lowest BCUT2D eigenvalue weighted by Crippen LogP contribution is -2.19. The molecule has 1 aromatic heterocycles. The van der Waals surface area contributed by atoms with E-state index in [-0.39, 0.29) is 6.04 Å². The molecular formula is C13H17N3OS2. The van der Waals surface area contributed by atoms with E-state index in [2.05, 4.69) is 20.7 Å². The average Bonchev–Trinajstić information content (AvgIpc) is 2.95. The lowest BCUT2D eigenvalue weighted by molar-refractivity contribution is 0.333. The van der Waals surface area contributed by atoms with Crippen LogP contribution in [0.5, 0.6) is 5.75 Å². The molecule has 1 aromatic carbocycles. The van der Waals surface area contributed by atoms with E-state index in [4.69, 9.17) is 4.74 Å². The molecule has 1 atom stereocenters. The summed E-state index contributed by atoms with van der Waals surface area (Å²) in [4.78, 5) is 4.19. The van der Waals surface area contributed by atoms with Gasteiger partial charge in [0.1, 0.15) is 12.1 Å². The Morgan fingerprint density at radius 2 is 2.26 bits per heavy atom. The molecule has 0 amide bonds. The Morgan fingerprint density at radius 3 is 2.95 bits per heavy atom. The molecule has 4 nitrogen and oxygen atoms in total. The van der Waals surface area contributed by atoms with Gasteiger partial charge in [-0.1, -0.05) is 30.0 Å². The molecule has 1 unspecified atom stereocenters. The third-order valence-electron chi connectivity index (χ3n) is 2.66. The van der Waals surface area contributed by atoms with Gasteiger partial charge in [-0.05, 0) is 31.6 Å². The first-order chi connectivity index (χ1) is 9.35. The summed E-state index contributed by atoms with van der Waals surface area (Å²) >= 11 is 3.14. The molecule has 19 heavy (non-hydrogen) atoms. The van der Waals surface area contributed by atoms with Gasteiger partial charge >= 0.3 is 0 Å². The lowest BCUT2D eigenvalue weighted by Gasteiger charge is -2.19. The normalized spacial score (nSPS) is 12.3. The quantitative estimate of drug-likeness (QED) is 0.796. The standard InChI is InChI=1S/C13H17N3OS2/c1-3-17-12-7-5-4-6-10(12)11(14-2)8-18-13-15-9-16-19-13/h4-7,9,11,14H,3,8H2,1-2H3. The predicted molar refractivity (Wildman–Crippen MR) is 80.0 cm³/mol. The van der Waals surface area contributed by atoms with Crippen molar-refractivity contribution in [2.75, 3.05) is 19.4 Å². The number of ether oxygens (including phenoxy) is 1. The van der Waals surface area contributed by atoms with E-state index in [1.807, 2.05) is 32.2 Å². The Bertz CT molecular complexity index is 490. The molecule has 0 saturated heterocycles. The van der Waals surface area contributed by atoms with Gasteiger partial charge in [-0.15, -0.1) is 0 Å². The highest BCUT2D eigenvalue weighted by molar-refractivity contribution is 8.00. The lowest BCUT2D eigenvalue weighted by atomic mass is 10.1. The maximum atomic E-state index is 5.68. The van der Waals surface area contributed by atoms with E-state index >= 15 is 0 Å². The Morgan fingerprint density at radius 1 is 1.42 bits per heavy atom. The molecule has 2 aromatic rings. The Kier molecular flexibility index (Phi) is 5.62. The van der Waals surface area contributed by atoms with E-state index in [0.717, 1.165) is 15.8 Å². The van der Waals surface area contributed by atoms with Crippen molar-refractivity contribution in [3.63, 3.8) is 0 Å². The third kappa shape index (κ3) is 3.92.